The highest BCUT2D eigenvalue weighted by Gasteiger charge is 1.97. The lowest BCUT2D eigenvalue weighted by Crippen LogP contribution is -2.23. The second kappa shape index (κ2) is 7.19. The highest BCUT2D eigenvalue weighted by atomic mass is 32.2. The Kier molecular flexibility index (Phi) is 5.81. The van der Waals surface area contributed by atoms with Gasteiger partial charge < -0.3 is 11.5 Å². The molecule has 0 aliphatic carbocycles. The van der Waals surface area contributed by atoms with Crippen molar-refractivity contribution in [2.24, 2.45) is 16.5 Å². The quantitative estimate of drug-likeness (QED) is 0.330. The van der Waals surface area contributed by atoms with Crippen molar-refractivity contribution in [2.45, 2.75) is 4.90 Å². The monoisotopic (exact) mass is 254 g/mol. The van der Waals surface area contributed by atoms with Crippen molar-refractivity contribution in [1.82, 2.24) is 0 Å². The number of amidine groups is 1. The Balaban J connectivity index is 2.18. The van der Waals surface area contributed by atoms with E-state index in [9.17, 15) is 0 Å². The van der Waals surface area contributed by atoms with E-state index >= 15 is 0 Å². The molecule has 1 aromatic rings. The van der Waals surface area contributed by atoms with Gasteiger partial charge >= 0.3 is 0 Å². The summed E-state index contributed by atoms with van der Waals surface area (Å²) in [6.45, 7) is 0. The standard InChI is InChI=1S/C10H14N4S2/c11-9(12)14-10(13)16-7-6-15-8-4-2-1-3-5-8/h1-5H,6-7H2,(H5,11,12,13,14). The van der Waals surface area contributed by atoms with E-state index in [0.717, 1.165) is 11.5 Å². The molecule has 0 spiro atoms. The van der Waals surface area contributed by atoms with Crippen LogP contribution >= 0.6 is 23.5 Å². The summed E-state index contributed by atoms with van der Waals surface area (Å²) in [6, 6.07) is 10.1. The third kappa shape index (κ3) is 5.67. The van der Waals surface area contributed by atoms with Crippen molar-refractivity contribution in [3.8, 4) is 0 Å². The maximum atomic E-state index is 7.41. The molecule has 0 aliphatic heterocycles. The van der Waals surface area contributed by atoms with E-state index in [1.807, 2.05) is 18.2 Å². The Bertz CT molecular complexity index is 360. The molecule has 1 aromatic carbocycles. The molecule has 0 unspecified atom stereocenters. The number of thioether (sulfide) groups is 2. The van der Waals surface area contributed by atoms with Gasteiger partial charge in [0.1, 0.15) is 0 Å². The van der Waals surface area contributed by atoms with E-state index in [4.69, 9.17) is 16.9 Å². The largest absolute Gasteiger partial charge is 0.370 e. The molecule has 0 aliphatic rings. The molecule has 5 N–H and O–H groups in total. The lowest BCUT2D eigenvalue weighted by Gasteiger charge is -2.00. The Hall–Kier alpha value is -1.14. The van der Waals surface area contributed by atoms with Gasteiger partial charge in [0.15, 0.2) is 11.1 Å². The molecule has 16 heavy (non-hydrogen) atoms. The molecule has 0 fully saturated rings. The third-order valence-electron chi connectivity index (χ3n) is 1.56. The van der Waals surface area contributed by atoms with E-state index in [1.54, 1.807) is 11.8 Å². The van der Waals surface area contributed by atoms with Crippen molar-refractivity contribution in [3.63, 3.8) is 0 Å². The molecule has 0 amide bonds. The van der Waals surface area contributed by atoms with E-state index in [-0.39, 0.29) is 11.1 Å². The first-order valence-electron chi connectivity index (χ1n) is 4.67. The summed E-state index contributed by atoms with van der Waals surface area (Å²) in [5, 5.41) is 7.57. The van der Waals surface area contributed by atoms with Gasteiger partial charge in [-0.2, -0.15) is 4.99 Å². The first kappa shape index (κ1) is 12.9. The van der Waals surface area contributed by atoms with Gasteiger partial charge in [0.25, 0.3) is 0 Å². The third-order valence-corrected chi connectivity index (χ3v) is 3.61. The number of nitrogens with one attached hydrogen (secondary N) is 1. The Morgan fingerprint density at radius 1 is 1.19 bits per heavy atom. The molecule has 4 nitrogen and oxygen atoms in total. The van der Waals surface area contributed by atoms with Crippen LogP contribution in [0.4, 0.5) is 0 Å². The number of hydrogen-bond donors (Lipinski definition) is 3. The maximum absolute atomic E-state index is 7.41. The zero-order chi connectivity index (χ0) is 11.8. The van der Waals surface area contributed by atoms with Crippen molar-refractivity contribution in [3.05, 3.63) is 30.3 Å². The van der Waals surface area contributed by atoms with Gasteiger partial charge in [0.2, 0.25) is 0 Å². The zero-order valence-electron chi connectivity index (χ0n) is 8.72. The lowest BCUT2D eigenvalue weighted by molar-refractivity contribution is 1.43. The van der Waals surface area contributed by atoms with Crippen molar-refractivity contribution >= 4 is 34.7 Å². The van der Waals surface area contributed by atoms with Crippen molar-refractivity contribution < 1.29 is 0 Å². The predicted octanol–water partition coefficient (Wildman–Crippen LogP) is 1.72. The molecule has 0 bridgehead atoms. The van der Waals surface area contributed by atoms with Crippen LogP contribution < -0.4 is 11.5 Å². The van der Waals surface area contributed by atoms with Gasteiger partial charge in [-0.1, -0.05) is 30.0 Å². The SMILES string of the molecule is N=C(N=C(N)N)SCCSc1ccccc1. The fraction of sp³-hybridized carbons (Fsp3) is 0.200. The maximum Gasteiger partial charge on any atom is 0.193 e. The number of guanidine groups is 1. The second-order valence-corrected chi connectivity index (χ2v) is 5.10. The molecular weight excluding hydrogens is 240 g/mol. The van der Waals surface area contributed by atoms with Crippen LogP contribution in [0.5, 0.6) is 0 Å². The second-order valence-electron chi connectivity index (χ2n) is 2.85. The molecule has 1 rings (SSSR count). The summed E-state index contributed by atoms with van der Waals surface area (Å²) >= 11 is 3.09. The molecule has 0 heterocycles. The van der Waals surface area contributed by atoms with Crippen LogP contribution in [-0.4, -0.2) is 22.6 Å². The molecule has 86 valence electrons. The molecular formula is C10H14N4S2. The number of nitrogens with two attached hydrogens (primary N) is 2. The average Bonchev–Trinajstić information content (AvgIpc) is 2.25. The smallest absolute Gasteiger partial charge is 0.193 e. The fourth-order valence-corrected chi connectivity index (χ4v) is 2.58. The van der Waals surface area contributed by atoms with Crippen molar-refractivity contribution in [1.29, 1.82) is 5.41 Å². The Labute approximate surface area is 103 Å². The minimum atomic E-state index is -0.0618. The number of nitrogens with zero attached hydrogens (tertiary/aromatic N) is 1. The minimum Gasteiger partial charge on any atom is -0.370 e. The Morgan fingerprint density at radius 2 is 1.88 bits per heavy atom. The van der Waals surface area contributed by atoms with Crippen LogP contribution in [0.25, 0.3) is 0 Å². The molecule has 0 atom stereocenters. The number of rotatable bonds is 4. The summed E-state index contributed by atoms with van der Waals surface area (Å²) in [4.78, 5) is 4.86. The molecule has 0 radical (unpaired) electrons. The van der Waals surface area contributed by atoms with Gasteiger partial charge in [-0.25, -0.2) is 0 Å². The average molecular weight is 254 g/mol. The summed E-state index contributed by atoms with van der Waals surface area (Å²) in [6.07, 6.45) is 0. The molecule has 0 saturated carbocycles. The van der Waals surface area contributed by atoms with Gasteiger partial charge in [0.05, 0.1) is 0 Å². The summed E-state index contributed by atoms with van der Waals surface area (Å²) in [5.74, 6) is 1.68. The zero-order valence-corrected chi connectivity index (χ0v) is 10.4. The fourth-order valence-electron chi connectivity index (χ4n) is 0.964. The van der Waals surface area contributed by atoms with E-state index in [2.05, 4.69) is 17.1 Å². The number of hydrogen-bond acceptors (Lipinski definition) is 3. The Morgan fingerprint density at radius 3 is 2.50 bits per heavy atom. The van der Waals surface area contributed by atoms with Gasteiger partial charge in [-0.15, -0.1) is 11.8 Å². The van der Waals surface area contributed by atoms with Gasteiger partial charge in [-0.3, -0.25) is 5.41 Å². The van der Waals surface area contributed by atoms with E-state index < -0.39 is 0 Å². The van der Waals surface area contributed by atoms with E-state index in [1.165, 1.54) is 16.7 Å². The van der Waals surface area contributed by atoms with E-state index in [0.29, 0.717) is 0 Å². The highest BCUT2D eigenvalue weighted by Crippen LogP contribution is 2.18. The van der Waals surface area contributed by atoms with Crippen LogP contribution in [0, 0.1) is 5.41 Å². The molecule has 0 saturated heterocycles. The molecule has 0 aromatic heterocycles. The number of benzene rings is 1. The lowest BCUT2D eigenvalue weighted by atomic mass is 10.4. The van der Waals surface area contributed by atoms with Crippen LogP contribution in [0.3, 0.4) is 0 Å². The normalized spacial score (nSPS) is 9.75. The first-order chi connectivity index (χ1) is 7.68. The summed E-state index contributed by atoms with van der Waals surface area (Å²) in [7, 11) is 0. The summed E-state index contributed by atoms with van der Waals surface area (Å²) < 4.78 is 0. The topological polar surface area (TPSA) is 88.2 Å². The van der Waals surface area contributed by atoms with Crippen LogP contribution in [0.15, 0.2) is 40.2 Å². The van der Waals surface area contributed by atoms with Crippen LogP contribution in [-0.2, 0) is 0 Å². The van der Waals surface area contributed by atoms with Crippen LogP contribution in [0.2, 0.25) is 0 Å². The first-order valence-corrected chi connectivity index (χ1v) is 6.64. The predicted molar refractivity (Wildman–Crippen MR) is 73.2 cm³/mol. The number of aliphatic imine (C=N–C) groups is 1. The van der Waals surface area contributed by atoms with Crippen molar-refractivity contribution in [2.75, 3.05) is 11.5 Å². The van der Waals surface area contributed by atoms with Gasteiger partial charge in [-0.05, 0) is 12.1 Å². The summed E-state index contributed by atoms with van der Waals surface area (Å²) in [5.41, 5.74) is 10.3. The highest BCUT2D eigenvalue weighted by molar-refractivity contribution is 8.14. The minimum absolute atomic E-state index is 0.0618. The van der Waals surface area contributed by atoms with Gasteiger partial charge in [0, 0.05) is 16.4 Å². The molecule has 6 heteroatoms. The van der Waals surface area contributed by atoms with Crippen LogP contribution in [0.1, 0.15) is 0 Å².